The predicted octanol–water partition coefficient (Wildman–Crippen LogP) is 2.23. The molecular weight excluding hydrogens is 393 g/mol. The molecular formula is C17H15Cl2N5O3. The molecule has 0 aliphatic heterocycles. The van der Waals surface area contributed by atoms with Gasteiger partial charge < -0.3 is 0 Å². The molecule has 0 amide bonds. The molecule has 0 aliphatic rings. The average molecular weight is 408 g/mol. The number of nitrogens with one attached hydrogen (secondary N) is 3. The first-order chi connectivity index (χ1) is 12.8. The predicted molar refractivity (Wildman–Crippen MR) is 103 cm³/mol. The van der Waals surface area contributed by atoms with Crippen LogP contribution in [0.3, 0.4) is 0 Å². The molecule has 0 saturated heterocycles. The van der Waals surface area contributed by atoms with Crippen LogP contribution in [0.4, 0.5) is 0 Å². The minimum atomic E-state index is -0.706. The summed E-state index contributed by atoms with van der Waals surface area (Å²) < 4.78 is 0. The van der Waals surface area contributed by atoms with Crippen molar-refractivity contribution in [3.63, 3.8) is 0 Å². The highest BCUT2D eigenvalue weighted by atomic mass is 35.5. The molecule has 27 heavy (non-hydrogen) atoms. The van der Waals surface area contributed by atoms with Gasteiger partial charge in [-0.25, -0.2) is 15.0 Å². The Morgan fingerprint density at radius 3 is 2.22 bits per heavy atom. The highest BCUT2D eigenvalue weighted by Gasteiger charge is 2.15. The fraction of sp³-hybridized carbons (Fsp3) is 0.235. The van der Waals surface area contributed by atoms with Crippen molar-refractivity contribution in [2.24, 2.45) is 0 Å². The zero-order chi connectivity index (χ0) is 19.7. The lowest BCUT2D eigenvalue weighted by atomic mass is 10.0. The summed E-state index contributed by atoms with van der Waals surface area (Å²) in [4.78, 5) is 36.9. The zero-order valence-corrected chi connectivity index (χ0v) is 15.9. The maximum atomic E-state index is 11.9. The van der Waals surface area contributed by atoms with Crippen molar-refractivity contribution < 1.29 is 0 Å². The fourth-order valence-corrected chi connectivity index (χ4v) is 3.24. The van der Waals surface area contributed by atoms with E-state index in [9.17, 15) is 14.4 Å². The number of hydrogen-bond donors (Lipinski definition) is 3. The molecule has 3 N–H and O–H groups in total. The summed E-state index contributed by atoms with van der Waals surface area (Å²) in [5, 5.41) is 13.0. The summed E-state index contributed by atoms with van der Waals surface area (Å²) in [5.74, 6) is 0.0434. The second-order valence-corrected chi connectivity index (χ2v) is 7.06. The van der Waals surface area contributed by atoms with E-state index in [1.807, 2.05) is 13.8 Å². The molecule has 3 rings (SSSR count). The van der Waals surface area contributed by atoms with Gasteiger partial charge in [0.15, 0.2) is 5.69 Å². The monoisotopic (exact) mass is 407 g/mol. The van der Waals surface area contributed by atoms with E-state index >= 15 is 0 Å². The lowest BCUT2D eigenvalue weighted by Crippen LogP contribution is -2.25. The Morgan fingerprint density at radius 1 is 0.963 bits per heavy atom. The van der Waals surface area contributed by atoms with Gasteiger partial charge in [-0.1, -0.05) is 37.0 Å². The molecule has 140 valence electrons. The van der Waals surface area contributed by atoms with Gasteiger partial charge in [0.25, 0.3) is 11.1 Å². The number of H-pyrrole nitrogens is 3. The smallest absolute Gasteiger partial charge is 0.271 e. The van der Waals surface area contributed by atoms with Crippen LogP contribution >= 0.6 is 23.2 Å². The molecule has 2 heterocycles. The van der Waals surface area contributed by atoms with E-state index in [1.54, 1.807) is 6.07 Å². The van der Waals surface area contributed by atoms with Crippen LogP contribution in [0.5, 0.6) is 0 Å². The third-order valence-corrected chi connectivity index (χ3v) is 4.67. The number of rotatable bonds is 4. The summed E-state index contributed by atoms with van der Waals surface area (Å²) in [6.07, 6.45) is 0.295. The van der Waals surface area contributed by atoms with Crippen molar-refractivity contribution >= 4 is 23.2 Å². The summed E-state index contributed by atoms with van der Waals surface area (Å²) >= 11 is 12.7. The topological polar surface area (TPSA) is 124 Å². The molecule has 0 atom stereocenters. The molecule has 2 aromatic heterocycles. The Kier molecular flexibility index (Phi) is 5.29. The van der Waals surface area contributed by atoms with Crippen molar-refractivity contribution in [1.82, 2.24) is 25.4 Å². The Labute approximate surface area is 162 Å². The third-order valence-electron chi connectivity index (χ3n) is 3.99. The van der Waals surface area contributed by atoms with Gasteiger partial charge in [-0.2, -0.15) is 10.2 Å². The maximum absolute atomic E-state index is 11.9. The van der Waals surface area contributed by atoms with Gasteiger partial charge in [0.1, 0.15) is 0 Å². The van der Waals surface area contributed by atoms with Crippen molar-refractivity contribution in [2.45, 2.75) is 26.2 Å². The normalized spacial score (nSPS) is 11.1. The van der Waals surface area contributed by atoms with Crippen LogP contribution in [0.15, 0.2) is 32.6 Å². The van der Waals surface area contributed by atoms with E-state index in [-0.39, 0.29) is 17.2 Å². The molecule has 0 bridgehead atoms. The Bertz CT molecular complexity index is 1160. The second kappa shape index (κ2) is 7.50. The number of nitrogens with zero attached hydrogens (tertiary/aromatic N) is 2. The number of hydrogen-bond acceptors (Lipinski definition) is 5. The molecule has 0 spiro atoms. The van der Waals surface area contributed by atoms with Crippen LogP contribution in [0.1, 0.15) is 36.6 Å². The quantitative estimate of drug-likeness (QED) is 0.611. The largest absolute Gasteiger partial charge is 0.342 e. The van der Waals surface area contributed by atoms with Gasteiger partial charge in [-0.15, -0.1) is 0 Å². The highest BCUT2D eigenvalue weighted by molar-refractivity contribution is 6.36. The highest BCUT2D eigenvalue weighted by Crippen LogP contribution is 2.31. The Balaban J connectivity index is 2.01. The zero-order valence-electron chi connectivity index (χ0n) is 14.4. The molecule has 8 nitrogen and oxygen atoms in total. The standard InChI is InChI=1S/C17H15Cl2N5O3/c1-7(2)10-5-9(21-23-15(10)25)6-11-12(18)3-8(4-13(11)19)14-16(26)20-17(27)24-22-14/h3-5,7H,6H2,1-2H3,(H,23,25)(H2,20,24,26,27). The number of aromatic amines is 3. The van der Waals surface area contributed by atoms with Gasteiger partial charge in [0, 0.05) is 27.6 Å². The van der Waals surface area contributed by atoms with E-state index in [2.05, 4.69) is 25.4 Å². The Morgan fingerprint density at radius 2 is 1.63 bits per heavy atom. The van der Waals surface area contributed by atoms with E-state index < -0.39 is 11.2 Å². The van der Waals surface area contributed by atoms with E-state index in [0.29, 0.717) is 38.9 Å². The van der Waals surface area contributed by atoms with Gasteiger partial charge in [0.05, 0.1) is 5.69 Å². The number of aromatic nitrogens is 5. The second-order valence-electron chi connectivity index (χ2n) is 6.25. The number of benzene rings is 1. The molecule has 1 aromatic carbocycles. The molecule has 10 heteroatoms. The summed E-state index contributed by atoms with van der Waals surface area (Å²) in [6, 6.07) is 4.79. The van der Waals surface area contributed by atoms with Crippen LogP contribution < -0.4 is 16.8 Å². The minimum Gasteiger partial charge on any atom is -0.271 e. The van der Waals surface area contributed by atoms with Crippen molar-refractivity contribution in [3.8, 4) is 11.3 Å². The van der Waals surface area contributed by atoms with E-state index in [4.69, 9.17) is 23.2 Å². The lowest BCUT2D eigenvalue weighted by Gasteiger charge is -2.10. The SMILES string of the molecule is CC(C)c1cc(Cc2c(Cl)cc(-c3n[nH]c(=O)[nH]c3=O)cc2Cl)n[nH]c1=O. The molecule has 0 aliphatic carbocycles. The van der Waals surface area contributed by atoms with Gasteiger partial charge in [0.2, 0.25) is 0 Å². The average Bonchev–Trinajstić information content (AvgIpc) is 2.59. The van der Waals surface area contributed by atoms with Crippen molar-refractivity contribution in [2.75, 3.05) is 0 Å². The van der Waals surface area contributed by atoms with Crippen LogP contribution in [0, 0.1) is 0 Å². The molecule has 0 saturated carbocycles. The maximum Gasteiger partial charge on any atom is 0.342 e. The first-order valence-electron chi connectivity index (χ1n) is 8.02. The number of halogens is 2. The Hall–Kier alpha value is -2.71. The summed E-state index contributed by atoms with van der Waals surface area (Å²) in [7, 11) is 0. The van der Waals surface area contributed by atoms with Crippen LogP contribution in [0.25, 0.3) is 11.3 Å². The van der Waals surface area contributed by atoms with Gasteiger partial charge in [-0.05, 0) is 29.7 Å². The lowest BCUT2D eigenvalue weighted by molar-refractivity contribution is 0.801. The minimum absolute atomic E-state index is 0.00536. The van der Waals surface area contributed by atoms with E-state index in [1.165, 1.54) is 12.1 Å². The first-order valence-corrected chi connectivity index (χ1v) is 8.77. The van der Waals surface area contributed by atoms with Crippen LogP contribution in [-0.4, -0.2) is 25.4 Å². The van der Waals surface area contributed by atoms with Crippen molar-refractivity contribution in [1.29, 1.82) is 0 Å². The first kappa shape index (κ1) is 19.1. The molecule has 0 unspecified atom stereocenters. The molecule has 0 fully saturated rings. The third kappa shape index (κ3) is 4.01. The van der Waals surface area contributed by atoms with Crippen molar-refractivity contribution in [3.05, 3.63) is 76.3 Å². The van der Waals surface area contributed by atoms with Crippen LogP contribution in [0.2, 0.25) is 10.0 Å². The summed E-state index contributed by atoms with van der Waals surface area (Å²) in [6.45, 7) is 3.83. The van der Waals surface area contributed by atoms with Gasteiger partial charge in [-0.3, -0.25) is 14.6 Å². The molecule has 3 aromatic rings. The van der Waals surface area contributed by atoms with Gasteiger partial charge >= 0.3 is 5.69 Å². The van der Waals surface area contributed by atoms with Crippen LogP contribution in [-0.2, 0) is 6.42 Å². The van der Waals surface area contributed by atoms with E-state index in [0.717, 1.165) is 0 Å². The summed E-state index contributed by atoms with van der Waals surface area (Å²) in [5.41, 5.74) is 0.590. The fourth-order valence-electron chi connectivity index (χ4n) is 2.62. The molecule has 0 radical (unpaired) electrons.